The molecule has 17 heavy (non-hydrogen) atoms. The maximum absolute atomic E-state index is 11.0. The van der Waals surface area contributed by atoms with Gasteiger partial charge in [-0.3, -0.25) is 4.98 Å². The average Bonchev–Trinajstić information content (AvgIpc) is 2.38. The van der Waals surface area contributed by atoms with Crippen LogP contribution < -0.4 is 4.74 Å². The third-order valence-electron chi connectivity index (χ3n) is 2.29. The number of fused-ring (bicyclic) bond motifs is 1. The summed E-state index contributed by atoms with van der Waals surface area (Å²) in [6.07, 6.45) is 3.47. The highest BCUT2D eigenvalue weighted by atomic mass is 79.9. The number of ether oxygens (including phenoxy) is 2. The minimum Gasteiger partial charge on any atom is -0.481 e. The summed E-state index contributed by atoms with van der Waals surface area (Å²) in [4.78, 5) is 15.0. The number of carbonyl (C=O) groups excluding carboxylic acids is 1. The minimum absolute atomic E-state index is 0.105. The number of hydrogen-bond donors (Lipinski definition) is 0. The van der Waals surface area contributed by atoms with Crippen molar-refractivity contribution in [3.8, 4) is 5.75 Å². The van der Waals surface area contributed by atoms with Crippen LogP contribution in [0.2, 0.25) is 0 Å². The van der Waals surface area contributed by atoms with Gasteiger partial charge in [0, 0.05) is 23.2 Å². The molecule has 0 spiro atoms. The van der Waals surface area contributed by atoms with Gasteiger partial charge in [-0.25, -0.2) is 4.79 Å². The first-order chi connectivity index (χ1) is 8.22. The van der Waals surface area contributed by atoms with Crippen molar-refractivity contribution in [2.45, 2.75) is 0 Å². The van der Waals surface area contributed by atoms with Gasteiger partial charge < -0.3 is 9.47 Å². The summed E-state index contributed by atoms with van der Waals surface area (Å²) in [5.74, 6) is 0.195. The first-order valence-corrected chi connectivity index (χ1v) is 5.73. The Labute approximate surface area is 107 Å². The van der Waals surface area contributed by atoms with Crippen molar-refractivity contribution in [3.05, 3.63) is 35.1 Å². The van der Waals surface area contributed by atoms with Crippen molar-refractivity contribution >= 4 is 32.7 Å². The number of nitrogens with zero attached hydrogens (tertiary/aromatic N) is 1. The third kappa shape index (κ3) is 2.55. The Hall–Kier alpha value is -1.62. The molecule has 0 amide bonds. The van der Waals surface area contributed by atoms with E-state index in [1.807, 2.05) is 12.1 Å². The summed E-state index contributed by atoms with van der Waals surface area (Å²) in [6, 6.07) is 5.56. The van der Waals surface area contributed by atoms with Crippen molar-refractivity contribution in [1.29, 1.82) is 0 Å². The molecule has 0 aliphatic rings. The number of esters is 1. The van der Waals surface area contributed by atoms with Gasteiger partial charge in [-0.15, -0.1) is 0 Å². The van der Waals surface area contributed by atoms with E-state index in [4.69, 9.17) is 4.74 Å². The zero-order chi connectivity index (χ0) is 12.3. The molecule has 0 N–H and O–H groups in total. The Kier molecular flexibility index (Phi) is 3.58. The third-order valence-corrected chi connectivity index (χ3v) is 3.11. The molecule has 1 aromatic carbocycles. The van der Waals surface area contributed by atoms with Gasteiger partial charge in [0.05, 0.1) is 11.6 Å². The molecular formula is C12H10BrNO3. The predicted octanol–water partition coefficient (Wildman–Crippen LogP) is 2.55. The maximum Gasteiger partial charge on any atom is 0.343 e. The molecule has 2 aromatic rings. The van der Waals surface area contributed by atoms with Crippen molar-refractivity contribution in [2.24, 2.45) is 0 Å². The van der Waals surface area contributed by atoms with E-state index in [2.05, 4.69) is 25.7 Å². The molecule has 0 saturated heterocycles. The molecule has 0 radical (unpaired) electrons. The van der Waals surface area contributed by atoms with E-state index in [1.54, 1.807) is 18.5 Å². The maximum atomic E-state index is 11.0. The summed E-state index contributed by atoms with van der Waals surface area (Å²) < 4.78 is 10.7. The standard InChI is InChI=1S/C12H10BrNO3/c1-16-11(15)7-17-10-3-2-8-6-14-5-4-9(8)12(10)13/h2-6H,7H2,1H3. The van der Waals surface area contributed by atoms with Gasteiger partial charge in [0.2, 0.25) is 0 Å². The number of rotatable bonds is 3. The molecule has 5 heteroatoms. The van der Waals surface area contributed by atoms with Crippen LogP contribution in [0.25, 0.3) is 10.8 Å². The quantitative estimate of drug-likeness (QED) is 0.817. The molecule has 2 rings (SSSR count). The Morgan fingerprint density at radius 3 is 3.00 bits per heavy atom. The monoisotopic (exact) mass is 295 g/mol. The van der Waals surface area contributed by atoms with Gasteiger partial charge in [0.1, 0.15) is 5.75 Å². The van der Waals surface area contributed by atoms with E-state index in [1.165, 1.54) is 7.11 Å². The van der Waals surface area contributed by atoms with Crippen LogP contribution in [0.15, 0.2) is 35.1 Å². The van der Waals surface area contributed by atoms with Crippen LogP contribution in [-0.2, 0) is 9.53 Å². The van der Waals surface area contributed by atoms with Gasteiger partial charge in [0.25, 0.3) is 0 Å². The molecule has 88 valence electrons. The Morgan fingerprint density at radius 1 is 1.41 bits per heavy atom. The molecule has 1 aromatic heterocycles. The van der Waals surface area contributed by atoms with Crippen molar-refractivity contribution < 1.29 is 14.3 Å². The van der Waals surface area contributed by atoms with Gasteiger partial charge in [-0.05, 0) is 34.1 Å². The molecule has 1 heterocycles. The molecule has 0 aliphatic heterocycles. The molecule has 0 saturated carbocycles. The molecule has 0 unspecified atom stereocenters. The Bertz CT molecular complexity index is 556. The molecular weight excluding hydrogens is 286 g/mol. The molecule has 0 aliphatic carbocycles. The summed E-state index contributed by atoms with van der Waals surface area (Å²) in [5, 5.41) is 1.99. The highest BCUT2D eigenvalue weighted by Crippen LogP contribution is 2.32. The largest absolute Gasteiger partial charge is 0.481 e. The zero-order valence-corrected chi connectivity index (χ0v) is 10.7. The van der Waals surface area contributed by atoms with Crippen LogP contribution in [0.3, 0.4) is 0 Å². The fraction of sp³-hybridized carbons (Fsp3) is 0.167. The molecule has 0 fully saturated rings. The number of benzene rings is 1. The molecule has 0 bridgehead atoms. The Balaban J connectivity index is 2.29. The van der Waals surface area contributed by atoms with E-state index in [-0.39, 0.29) is 6.61 Å². The van der Waals surface area contributed by atoms with E-state index < -0.39 is 5.97 Å². The SMILES string of the molecule is COC(=O)COc1ccc2cnccc2c1Br. The van der Waals surface area contributed by atoms with Gasteiger partial charge >= 0.3 is 5.97 Å². The topological polar surface area (TPSA) is 48.4 Å². The number of aromatic nitrogens is 1. The lowest BCUT2D eigenvalue weighted by atomic mass is 10.2. The lowest BCUT2D eigenvalue weighted by molar-refractivity contribution is -0.142. The van der Waals surface area contributed by atoms with Crippen LogP contribution >= 0.6 is 15.9 Å². The van der Waals surface area contributed by atoms with Gasteiger partial charge in [0.15, 0.2) is 6.61 Å². The number of hydrogen-bond acceptors (Lipinski definition) is 4. The Morgan fingerprint density at radius 2 is 2.24 bits per heavy atom. The lowest BCUT2D eigenvalue weighted by Crippen LogP contribution is -2.12. The predicted molar refractivity (Wildman–Crippen MR) is 67.0 cm³/mol. The van der Waals surface area contributed by atoms with Crippen molar-refractivity contribution in [2.75, 3.05) is 13.7 Å². The number of methoxy groups -OCH3 is 1. The normalized spacial score (nSPS) is 10.2. The second kappa shape index (κ2) is 5.14. The highest BCUT2D eigenvalue weighted by molar-refractivity contribution is 9.10. The van der Waals surface area contributed by atoms with E-state index in [9.17, 15) is 4.79 Å². The van der Waals surface area contributed by atoms with Crippen molar-refractivity contribution in [1.82, 2.24) is 4.98 Å². The number of carbonyl (C=O) groups is 1. The van der Waals surface area contributed by atoms with E-state index >= 15 is 0 Å². The second-order valence-corrected chi connectivity index (χ2v) is 4.13. The van der Waals surface area contributed by atoms with E-state index in [0.29, 0.717) is 5.75 Å². The molecule has 4 nitrogen and oxygen atoms in total. The van der Waals surface area contributed by atoms with Crippen molar-refractivity contribution in [3.63, 3.8) is 0 Å². The summed E-state index contributed by atoms with van der Waals surface area (Å²) in [7, 11) is 1.33. The zero-order valence-electron chi connectivity index (χ0n) is 9.14. The minimum atomic E-state index is -0.410. The van der Waals surface area contributed by atoms with Gasteiger partial charge in [-0.2, -0.15) is 0 Å². The van der Waals surface area contributed by atoms with E-state index in [0.717, 1.165) is 15.2 Å². The van der Waals surface area contributed by atoms with Crippen LogP contribution in [0.1, 0.15) is 0 Å². The highest BCUT2D eigenvalue weighted by Gasteiger charge is 2.08. The van der Waals surface area contributed by atoms with Crippen LogP contribution in [0, 0.1) is 0 Å². The van der Waals surface area contributed by atoms with Crippen LogP contribution in [0.5, 0.6) is 5.75 Å². The van der Waals surface area contributed by atoms with Crippen LogP contribution in [0.4, 0.5) is 0 Å². The summed E-state index contributed by atoms with van der Waals surface area (Å²) >= 11 is 3.45. The van der Waals surface area contributed by atoms with Crippen LogP contribution in [-0.4, -0.2) is 24.7 Å². The summed E-state index contributed by atoms with van der Waals surface area (Å²) in [6.45, 7) is -0.105. The first-order valence-electron chi connectivity index (χ1n) is 4.94. The second-order valence-electron chi connectivity index (χ2n) is 3.34. The lowest BCUT2D eigenvalue weighted by Gasteiger charge is -2.08. The molecule has 0 atom stereocenters. The average molecular weight is 296 g/mol. The smallest absolute Gasteiger partial charge is 0.343 e. The number of halogens is 1. The first kappa shape index (κ1) is 11.9. The summed E-state index contributed by atoms with van der Waals surface area (Å²) in [5.41, 5.74) is 0. The fourth-order valence-electron chi connectivity index (χ4n) is 1.42. The van der Waals surface area contributed by atoms with Gasteiger partial charge in [-0.1, -0.05) is 0 Å². The fourth-order valence-corrected chi connectivity index (χ4v) is 2.03. The number of pyridine rings is 1.